The van der Waals surface area contributed by atoms with Crippen molar-refractivity contribution in [2.75, 3.05) is 20.8 Å². The molecule has 0 bridgehead atoms. The zero-order chi connectivity index (χ0) is 14.7. The molecule has 3 nitrogen and oxygen atoms in total. The molecule has 0 aromatic heterocycles. The topological polar surface area (TPSA) is 30.5 Å². The van der Waals surface area contributed by atoms with Gasteiger partial charge in [-0.3, -0.25) is 0 Å². The molecule has 21 heavy (non-hydrogen) atoms. The molecule has 0 aliphatic carbocycles. The second-order valence-corrected chi connectivity index (χ2v) is 5.33. The van der Waals surface area contributed by atoms with Gasteiger partial charge in [-0.2, -0.15) is 0 Å². The van der Waals surface area contributed by atoms with E-state index in [2.05, 4.69) is 35.6 Å². The maximum Gasteiger partial charge on any atom is 0.122 e. The molecule has 1 N–H and O–H groups in total. The summed E-state index contributed by atoms with van der Waals surface area (Å²) < 4.78 is 11.0. The van der Waals surface area contributed by atoms with Crippen LogP contribution in [0.3, 0.4) is 0 Å². The fourth-order valence-electron chi connectivity index (χ4n) is 2.84. The van der Waals surface area contributed by atoms with Gasteiger partial charge in [-0.15, -0.1) is 0 Å². The summed E-state index contributed by atoms with van der Waals surface area (Å²) in [6.07, 6.45) is 2.20. The summed E-state index contributed by atoms with van der Waals surface area (Å²) in [5.41, 5.74) is 5.05. The third-order valence-corrected chi connectivity index (χ3v) is 3.90. The van der Waals surface area contributed by atoms with Crippen molar-refractivity contribution in [3.05, 3.63) is 47.5 Å². The maximum absolute atomic E-state index is 5.70. The van der Waals surface area contributed by atoms with Gasteiger partial charge in [0.05, 0.1) is 13.7 Å². The number of nitrogens with one attached hydrogen (secondary N) is 1. The Morgan fingerprint density at radius 1 is 1.19 bits per heavy atom. The predicted octanol–water partition coefficient (Wildman–Crippen LogP) is 3.41. The van der Waals surface area contributed by atoms with Crippen LogP contribution in [-0.4, -0.2) is 20.8 Å². The Bertz CT molecular complexity index is 637. The molecule has 0 unspecified atom stereocenters. The van der Waals surface area contributed by atoms with Crippen molar-refractivity contribution >= 4 is 0 Å². The Morgan fingerprint density at radius 3 is 2.90 bits per heavy atom. The molecule has 2 aromatic carbocycles. The minimum absolute atomic E-state index is 0.820. The largest absolute Gasteiger partial charge is 0.497 e. The number of ether oxygens (including phenoxy) is 2. The highest BCUT2D eigenvalue weighted by Gasteiger charge is 2.13. The quantitative estimate of drug-likeness (QED) is 0.933. The van der Waals surface area contributed by atoms with Crippen LogP contribution in [0.25, 0.3) is 11.1 Å². The number of methoxy groups -OCH3 is 1. The van der Waals surface area contributed by atoms with E-state index in [1.165, 1.54) is 22.3 Å². The Kier molecular flexibility index (Phi) is 4.11. The van der Waals surface area contributed by atoms with Crippen LogP contribution in [0.15, 0.2) is 36.4 Å². The average Bonchev–Trinajstić information content (AvgIpc) is 2.54. The third kappa shape index (κ3) is 2.88. The first-order chi connectivity index (χ1) is 10.3. The Morgan fingerprint density at radius 2 is 2.10 bits per heavy atom. The van der Waals surface area contributed by atoms with Crippen LogP contribution >= 0.6 is 0 Å². The molecule has 1 heterocycles. The predicted molar refractivity (Wildman–Crippen MR) is 85.0 cm³/mol. The summed E-state index contributed by atoms with van der Waals surface area (Å²) in [5, 5.41) is 3.23. The summed E-state index contributed by atoms with van der Waals surface area (Å²) in [5.74, 6) is 1.93. The summed E-state index contributed by atoms with van der Waals surface area (Å²) in [4.78, 5) is 0. The van der Waals surface area contributed by atoms with Gasteiger partial charge in [0.2, 0.25) is 0 Å². The van der Waals surface area contributed by atoms with Gasteiger partial charge in [-0.1, -0.05) is 12.1 Å². The normalized spacial score (nSPS) is 13.4. The number of hydrogen-bond donors (Lipinski definition) is 1. The van der Waals surface area contributed by atoms with Crippen molar-refractivity contribution in [2.24, 2.45) is 0 Å². The van der Waals surface area contributed by atoms with Crippen LogP contribution in [0.2, 0.25) is 0 Å². The van der Waals surface area contributed by atoms with E-state index in [0.717, 1.165) is 37.5 Å². The standard InChI is InChI=1S/C18H21NO2/c1-19-12-15-11-16(20-2)6-7-17(15)13-5-8-18-14(10-13)4-3-9-21-18/h5-8,10-11,19H,3-4,9,12H2,1-2H3. The van der Waals surface area contributed by atoms with E-state index in [-0.39, 0.29) is 0 Å². The van der Waals surface area contributed by atoms with Crippen molar-refractivity contribution in [1.82, 2.24) is 5.32 Å². The van der Waals surface area contributed by atoms with Crippen LogP contribution in [0.5, 0.6) is 11.5 Å². The summed E-state index contributed by atoms with van der Waals surface area (Å²) in [6, 6.07) is 12.8. The number of aryl methyl sites for hydroxylation is 1. The number of rotatable bonds is 4. The molecule has 110 valence electrons. The van der Waals surface area contributed by atoms with Gasteiger partial charge in [-0.05, 0) is 66.4 Å². The Balaban J connectivity index is 2.02. The van der Waals surface area contributed by atoms with Crippen molar-refractivity contribution in [2.45, 2.75) is 19.4 Å². The van der Waals surface area contributed by atoms with Crippen LogP contribution in [-0.2, 0) is 13.0 Å². The minimum atomic E-state index is 0.820. The summed E-state index contributed by atoms with van der Waals surface area (Å²) >= 11 is 0. The molecule has 2 aromatic rings. The molecule has 0 saturated carbocycles. The van der Waals surface area contributed by atoms with E-state index in [4.69, 9.17) is 9.47 Å². The van der Waals surface area contributed by atoms with E-state index >= 15 is 0 Å². The SMILES string of the molecule is CNCc1cc(OC)ccc1-c1ccc2c(c1)CCCO2. The highest BCUT2D eigenvalue weighted by Crippen LogP contribution is 2.33. The number of benzene rings is 2. The van der Waals surface area contributed by atoms with Crippen molar-refractivity contribution in [3.8, 4) is 22.6 Å². The zero-order valence-corrected chi connectivity index (χ0v) is 12.6. The van der Waals surface area contributed by atoms with Crippen LogP contribution in [0, 0.1) is 0 Å². The summed E-state index contributed by atoms with van der Waals surface area (Å²) in [7, 11) is 3.67. The minimum Gasteiger partial charge on any atom is -0.497 e. The molecule has 0 spiro atoms. The van der Waals surface area contributed by atoms with E-state index in [1.807, 2.05) is 13.1 Å². The van der Waals surface area contributed by atoms with Gasteiger partial charge in [0.1, 0.15) is 11.5 Å². The zero-order valence-electron chi connectivity index (χ0n) is 12.6. The summed E-state index contributed by atoms with van der Waals surface area (Å²) in [6.45, 7) is 1.65. The van der Waals surface area contributed by atoms with Crippen LogP contribution in [0.4, 0.5) is 0 Å². The molecular formula is C18H21NO2. The van der Waals surface area contributed by atoms with Crippen LogP contribution < -0.4 is 14.8 Å². The first kappa shape index (κ1) is 14.0. The fourth-order valence-corrected chi connectivity index (χ4v) is 2.84. The van der Waals surface area contributed by atoms with E-state index in [9.17, 15) is 0 Å². The third-order valence-electron chi connectivity index (χ3n) is 3.90. The molecule has 0 saturated heterocycles. The lowest BCUT2D eigenvalue weighted by Gasteiger charge is -2.19. The average molecular weight is 283 g/mol. The van der Waals surface area contributed by atoms with E-state index < -0.39 is 0 Å². The van der Waals surface area contributed by atoms with Gasteiger partial charge in [0.15, 0.2) is 0 Å². The molecule has 1 aliphatic rings. The van der Waals surface area contributed by atoms with Gasteiger partial charge in [0.25, 0.3) is 0 Å². The van der Waals surface area contributed by atoms with E-state index in [1.54, 1.807) is 7.11 Å². The van der Waals surface area contributed by atoms with Gasteiger partial charge < -0.3 is 14.8 Å². The molecule has 3 heteroatoms. The molecule has 1 aliphatic heterocycles. The smallest absolute Gasteiger partial charge is 0.122 e. The molecule has 3 rings (SSSR count). The maximum atomic E-state index is 5.70. The highest BCUT2D eigenvalue weighted by molar-refractivity contribution is 5.70. The van der Waals surface area contributed by atoms with Gasteiger partial charge in [0, 0.05) is 6.54 Å². The second kappa shape index (κ2) is 6.19. The molecule has 0 radical (unpaired) electrons. The lowest BCUT2D eigenvalue weighted by Crippen LogP contribution is -2.09. The van der Waals surface area contributed by atoms with Crippen molar-refractivity contribution in [1.29, 1.82) is 0 Å². The second-order valence-electron chi connectivity index (χ2n) is 5.33. The molecule has 0 amide bonds. The Labute approximate surface area is 125 Å². The Hall–Kier alpha value is -2.00. The lowest BCUT2D eigenvalue weighted by molar-refractivity contribution is 0.288. The lowest BCUT2D eigenvalue weighted by atomic mass is 9.95. The number of hydrogen-bond acceptors (Lipinski definition) is 3. The fraction of sp³-hybridized carbons (Fsp3) is 0.333. The number of fused-ring (bicyclic) bond motifs is 1. The van der Waals surface area contributed by atoms with E-state index in [0.29, 0.717) is 0 Å². The molecule has 0 atom stereocenters. The van der Waals surface area contributed by atoms with Gasteiger partial charge in [-0.25, -0.2) is 0 Å². The monoisotopic (exact) mass is 283 g/mol. The highest BCUT2D eigenvalue weighted by atomic mass is 16.5. The molecular weight excluding hydrogens is 262 g/mol. The van der Waals surface area contributed by atoms with Gasteiger partial charge >= 0.3 is 0 Å². The van der Waals surface area contributed by atoms with Crippen molar-refractivity contribution < 1.29 is 9.47 Å². The van der Waals surface area contributed by atoms with Crippen LogP contribution in [0.1, 0.15) is 17.5 Å². The molecule has 0 fully saturated rings. The first-order valence-corrected chi connectivity index (χ1v) is 7.39. The van der Waals surface area contributed by atoms with Crippen molar-refractivity contribution in [3.63, 3.8) is 0 Å². The first-order valence-electron chi connectivity index (χ1n) is 7.39.